The van der Waals surface area contributed by atoms with E-state index in [-0.39, 0.29) is 30.7 Å². The van der Waals surface area contributed by atoms with E-state index in [9.17, 15) is 23.1 Å². The first-order valence-corrected chi connectivity index (χ1v) is 12.1. The monoisotopic (exact) mass is 516 g/mol. The summed E-state index contributed by atoms with van der Waals surface area (Å²) >= 11 is 1.27. The van der Waals surface area contributed by atoms with Gasteiger partial charge >= 0.3 is 6.18 Å². The molecule has 0 aliphatic carbocycles. The van der Waals surface area contributed by atoms with Gasteiger partial charge in [-0.2, -0.15) is 23.3 Å². The Hall–Kier alpha value is -3.15. The lowest BCUT2D eigenvalue weighted by atomic mass is 10.0. The highest BCUT2D eigenvalue weighted by Gasteiger charge is 2.33. The van der Waals surface area contributed by atoms with Gasteiger partial charge in [0.25, 0.3) is 5.91 Å². The molecule has 0 spiro atoms. The lowest BCUT2D eigenvalue weighted by Gasteiger charge is -2.32. The van der Waals surface area contributed by atoms with E-state index < -0.39 is 11.7 Å². The van der Waals surface area contributed by atoms with Crippen LogP contribution in [0.25, 0.3) is 17.0 Å². The number of nitrogens with zero attached hydrogens (tertiary/aromatic N) is 4. The molecule has 0 radical (unpaired) electrons. The molecule has 1 fully saturated rings. The van der Waals surface area contributed by atoms with Crippen LogP contribution in [0, 0.1) is 6.92 Å². The van der Waals surface area contributed by atoms with Crippen LogP contribution in [0.3, 0.4) is 0 Å². The van der Waals surface area contributed by atoms with Crippen LogP contribution in [-0.4, -0.2) is 63.3 Å². The summed E-state index contributed by atoms with van der Waals surface area (Å²) in [6.07, 6.45) is -1.41. The highest BCUT2D eigenvalue weighted by molar-refractivity contribution is 8.18. The Kier molecular flexibility index (Phi) is 6.62. The first kappa shape index (κ1) is 24.5. The van der Waals surface area contributed by atoms with E-state index in [4.69, 9.17) is 4.74 Å². The smallest absolute Gasteiger partial charge is 0.394 e. The van der Waals surface area contributed by atoms with Crippen LogP contribution < -0.4 is 0 Å². The Morgan fingerprint density at radius 3 is 2.86 bits per heavy atom. The van der Waals surface area contributed by atoms with Gasteiger partial charge in [-0.05, 0) is 54.1 Å². The van der Waals surface area contributed by atoms with Gasteiger partial charge in [-0.15, -0.1) is 0 Å². The highest BCUT2D eigenvalue weighted by Crippen LogP contribution is 2.34. The number of amides is 1. The number of hydrogen-bond acceptors (Lipinski definition) is 6. The van der Waals surface area contributed by atoms with Crippen LogP contribution in [-0.2, 0) is 22.3 Å². The third-order valence-corrected chi connectivity index (χ3v) is 7.12. The lowest BCUT2D eigenvalue weighted by molar-refractivity contribution is -0.138. The Bertz CT molecular complexity index is 1380. The summed E-state index contributed by atoms with van der Waals surface area (Å²) in [5.74, 6) is -0.336. The van der Waals surface area contributed by atoms with Crippen molar-refractivity contribution in [3.8, 4) is 0 Å². The molecule has 7 nitrogen and oxygen atoms in total. The number of carbonyl (C=O) groups is 1. The van der Waals surface area contributed by atoms with Gasteiger partial charge in [0, 0.05) is 18.5 Å². The van der Waals surface area contributed by atoms with Gasteiger partial charge in [0.2, 0.25) is 0 Å². The maximum absolute atomic E-state index is 13.5. The van der Waals surface area contributed by atoms with Crippen molar-refractivity contribution < 1.29 is 27.8 Å². The fourth-order valence-corrected chi connectivity index (χ4v) is 5.21. The number of hydrogen-bond donors (Lipinski definition) is 1. The number of aryl methyl sites for hydroxylation is 1. The summed E-state index contributed by atoms with van der Waals surface area (Å²) in [5, 5.41) is 15.0. The quantitative estimate of drug-likeness (QED) is 0.527. The highest BCUT2D eigenvalue weighted by atomic mass is 32.2. The summed E-state index contributed by atoms with van der Waals surface area (Å²) in [5.41, 5.74) is 1.48. The van der Waals surface area contributed by atoms with Crippen molar-refractivity contribution in [3.05, 3.63) is 69.8 Å². The molecular weight excluding hydrogens is 493 g/mol. The van der Waals surface area contributed by atoms with Gasteiger partial charge in [0.1, 0.15) is 0 Å². The fourth-order valence-electron chi connectivity index (χ4n) is 4.26. The van der Waals surface area contributed by atoms with Crippen molar-refractivity contribution in [2.24, 2.45) is 4.99 Å². The van der Waals surface area contributed by atoms with Gasteiger partial charge in [0.15, 0.2) is 5.17 Å². The summed E-state index contributed by atoms with van der Waals surface area (Å²) in [4.78, 5) is 19.1. The Labute approximate surface area is 209 Å². The molecule has 1 atom stereocenters. The minimum atomic E-state index is -4.45. The zero-order valence-corrected chi connectivity index (χ0v) is 20.1. The summed E-state index contributed by atoms with van der Waals surface area (Å²) in [6, 6.07) is 9.73. The molecule has 3 aromatic rings. The number of halogens is 3. The molecule has 0 bridgehead atoms. The number of morpholine rings is 1. The molecule has 2 aliphatic heterocycles. The SMILES string of the molecule is Cc1ccc(Cn2ncc3cc(/C=C4\SC(N5CCO[C@H](CO)C5)=NC4=O)ccc32)c(C(F)(F)F)c1. The Balaban J connectivity index is 1.35. The number of thioether (sulfide) groups is 1. The number of aromatic nitrogens is 2. The van der Waals surface area contributed by atoms with Crippen molar-refractivity contribution >= 4 is 39.8 Å². The number of aliphatic hydroxyl groups excluding tert-OH is 1. The first-order chi connectivity index (χ1) is 17.2. The fraction of sp³-hybridized carbons (Fsp3) is 0.320. The topological polar surface area (TPSA) is 80.0 Å². The number of aliphatic imine (C=N–C) groups is 1. The Morgan fingerprint density at radius 1 is 1.25 bits per heavy atom. The summed E-state index contributed by atoms with van der Waals surface area (Å²) < 4.78 is 47.6. The molecule has 188 valence electrons. The minimum absolute atomic E-state index is 0.0149. The number of carbonyl (C=O) groups excluding carboxylic acids is 1. The zero-order valence-electron chi connectivity index (χ0n) is 19.3. The van der Waals surface area contributed by atoms with Crippen LogP contribution in [0.15, 0.2) is 52.5 Å². The van der Waals surface area contributed by atoms with Crippen molar-refractivity contribution in [1.29, 1.82) is 0 Å². The van der Waals surface area contributed by atoms with Crippen molar-refractivity contribution in [2.45, 2.75) is 25.7 Å². The van der Waals surface area contributed by atoms with E-state index in [0.29, 0.717) is 40.8 Å². The largest absolute Gasteiger partial charge is 0.416 e. The molecule has 11 heteroatoms. The van der Waals surface area contributed by atoms with E-state index in [1.54, 1.807) is 42.1 Å². The molecule has 3 heterocycles. The van der Waals surface area contributed by atoms with Crippen LogP contribution in [0.4, 0.5) is 13.2 Å². The van der Waals surface area contributed by atoms with E-state index in [0.717, 1.165) is 17.0 Å². The molecule has 2 aliphatic rings. The third-order valence-electron chi connectivity index (χ3n) is 6.08. The van der Waals surface area contributed by atoms with Crippen molar-refractivity contribution in [3.63, 3.8) is 0 Å². The molecular formula is C25H23F3N4O3S. The number of alkyl halides is 3. The molecule has 0 unspecified atom stereocenters. The predicted octanol–water partition coefficient (Wildman–Crippen LogP) is 4.08. The second kappa shape index (κ2) is 9.72. The van der Waals surface area contributed by atoms with Gasteiger partial charge in [-0.25, -0.2) is 0 Å². The number of rotatable bonds is 4. The average Bonchev–Trinajstić information content (AvgIpc) is 3.42. The standard InChI is InChI=1S/C25H23F3N4O3S/c1-15-2-4-17(20(8-15)25(26,27)28)12-32-21-5-3-16(9-18(21)11-29-32)10-22-23(34)30-24(36-22)31-6-7-35-19(13-31)14-33/h2-5,8-11,19,33H,6-7,12-14H2,1H3/b22-10-/t19-/m0/s1. The average molecular weight is 517 g/mol. The minimum Gasteiger partial charge on any atom is -0.394 e. The van der Waals surface area contributed by atoms with Crippen LogP contribution in [0.1, 0.15) is 22.3 Å². The Morgan fingerprint density at radius 2 is 2.08 bits per heavy atom. The normalized spacial score (nSPS) is 20.0. The van der Waals surface area contributed by atoms with Crippen LogP contribution in [0.2, 0.25) is 0 Å². The second-order valence-corrected chi connectivity index (χ2v) is 9.72. The molecule has 2 aromatic carbocycles. The molecule has 5 rings (SSSR count). The van der Waals surface area contributed by atoms with Crippen LogP contribution in [0.5, 0.6) is 0 Å². The maximum atomic E-state index is 13.5. The van der Waals surface area contributed by atoms with Gasteiger partial charge in [-0.3, -0.25) is 9.48 Å². The second-order valence-electron chi connectivity index (χ2n) is 8.71. The molecule has 1 N–H and O–H groups in total. The molecule has 36 heavy (non-hydrogen) atoms. The van der Waals surface area contributed by atoms with E-state index >= 15 is 0 Å². The van der Waals surface area contributed by atoms with Gasteiger partial charge < -0.3 is 14.7 Å². The molecule has 1 amide bonds. The summed E-state index contributed by atoms with van der Waals surface area (Å²) in [7, 11) is 0. The van der Waals surface area contributed by atoms with Crippen molar-refractivity contribution in [1.82, 2.24) is 14.7 Å². The first-order valence-electron chi connectivity index (χ1n) is 11.3. The number of ether oxygens (including phenoxy) is 1. The van der Waals surface area contributed by atoms with Gasteiger partial charge in [0.05, 0.1) is 48.0 Å². The maximum Gasteiger partial charge on any atom is 0.416 e. The van der Waals surface area contributed by atoms with Gasteiger partial charge in [-0.1, -0.05) is 23.8 Å². The van der Waals surface area contributed by atoms with E-state index in [1.807, 2.05) is 11.0 Å². The number of aliphatic hydroxyl groups is 1. The summed E-state index contributed by atoms with van der Waals surface area (Å²) in [6.45, 7) is 3.02. The van der Waals surface area contributed by atoms with E-state index in [2.05, 4.69) is 10.1 Å². The van der Waals surface area contributed by atoms with E-state index in [1.165, 1.54) is 17.8 Å². The number of amidine groups is 1. The van der Waals surface area contributed by atoms with Crippen molar-refractivity contribution in [2.75, 3.05) is 26.3 Å². The molecule has 1 saturated heterocycles. The number of fused-ring (bicyclic) bond motifs is 1. The number of benzene rings is 2. The lowest BCUT2D eigenvalue weighted by Crippen LogP contribution is -2.45. The molecule has 1 aromatic heterocycles. The predicted molar refractivity (Wildman–Crippen MR) is 131 cm³/mol. The van der Waals surface area contributed by atoms with Crippen LogP contribution >= 0.6 is 11.8 Å². The molecule has 0 saturated carbocycles. The third kappa shape index (κ3) is 5.04. The zero-order chi connectivity index (χ0) is 25.4.